The minimum atomic E-state index is -4.69. The lowest BCUT2D eigenvalue weighted by molar-refractivity contribution is -0.137. The zero-order valence-corrected chi connectivity index (χ0v) is 20.9. The molecule has 2 amide bonds. The maximum atomic E-state index is 13.0. The summed E-state index contributed by atoms with van der Waals surface area (Å²) in [5.41, 5.74) is 1.20. The second kappa shape index (κ2) is 11.0. The topological polar surface area (TPSA) is 75.7 Å². The van der Waals surface area contributed by atoms with Gasteiger partial charge in [0.05, 0.1) is 5.56 Å². The number of benzene rings is 3. The molecular weight excluding hydrogens is 493 g/mol. The lowest BCUT2D eigenvalue weighted by Gasteiger charge is -2.29. The summed E-state index contributed by atoms with van der Waals surface area (Å²) in [6.45, 7) is 5.94. The van der Waals surface area contributed by atoms with E-state index in [0.717, 1.165) is 23.8 Å². The summed E-state index contributed by atoms with van der Waals surface area (Å²) in [5.74, 6) is -0.0760. The van der Waals surface area contributed by atoms with E-state index in [9.17, 15) is 26.4 Å². The van der Waals surface area contributed by atoms with Crippen LogP contribution in [0.5, 0.6) is 5.75 Å². The third kappa shape index (κ3) is 7.00. The molecule has 3 rings (SSSR count). The highest BCUT2D eigenvalue weighted by atomic mass is 32.2. The van der Waals surface area contributed by atoms with Gasteiger partial charge >= 0.3 is 22.3 Å². The Morgan fingerprint density at radius 2 is 1.69 bits per heavy atom. The lowest BCUT2D eigenvalue weighted by atomic mass is 10.1. The minimum Gasteiger partial charge on any atom is -0.379 e. The van der Waals surface area contributed by atoms with Crippen molar-refractivity contribution in [1.82, 2.24) is 4.90 Å². The summed E-state index contributed by atoms with van der Waals surface area (Å²) >= 11 is 0. The number of hydrogen-bond acceptors (Lipinski definition) is 4. The number of hydrogen-bond donors (Lipinski definition) is 1. The van der Waals surface area contributed by atoms with Crippen molar-refractivity contribution in [2.45, 2.75) is 50.9 Å². The highest BCUT2D eigenvalue weighted by molar-refractivity contribution is 7.87. The molecule has 0 bridgehead atoms. The van der Waals surface area contributed by atoms with Crippen molar-refractivity contribution in [2.75, 3.05) is 5.32 Å². The predicted octanol–water partition coefficient (Wildman–Crippen LogP) is 6.61. The van der Waals surface area contributed by atoms with E-state index in [4.69, 9.17) is 4.18 Å². The van der Waals surface area contributed by atoms with E-state index >= 15 is 0 Å². The molecule has 6 nitrogen and oxygen atoms in total. The number of anilines is 1. The Kier molecular flexibility index (Phi) is 8.29. The fourth-order valence-corrected chi connectivity index (χ4v) is 4.35. The van der Waals surface area contributed by atoms with Crippen LogP contribution < -0.4 is 9.50 Å². The summed E-state index contributed by atoms with van der Waals surface area (Å²) < 4.78 is 69.4. The molecule has 1 atom stereocenters. The van der Waals surface area contributed by atoms with Gasteiger partial charge in [-0.2, -0.15) is 21.6 Å². The Morgan fingerprint density at radius 3 is 2.33 bits per heavy atom. The Hall–Kier alpha value is -3.53. The van der Waals surface area contributed by atoms with E-state index in [1.54, 1.807) is 29.2 Å². The van der Waals surface area contributed by atoms with Crippen molar-refractivity contribution in [3.63, 3.8) is 0 Å². The first-order valence-corrected chi connectivity index (χ1v) is 12.6. The molecule has 0 aliphatic heterocycles. The SMILES string of the molecule is CCC(C)N(Cc1cccc(OS(=O)(=O)c2cccc(C(F)(F)F)c2)c1)C(=O)Nc1ccc(C)cc1. The van der Waals surface area contributed by atoms with Crippen LogP contribution in [-0.2, 0) is 22.8 Å². The number of amides is 2. The van der Waals surface area contributed by atoms with E-state index in [0.29, 0.717) is 23.7 Å². The summed E-state index contributed by atoms with van der Waals surface area (Å²) in [5, 5.41) is 2.86. The molecule has 0 radical (unpaired) electrons. The molecule has 0 saturated carbocycles. The van der Waals surface area contributed by atoms with Crippen LogP contribution in [0.2, 0.25) is 0 Å². The Labute approximate surface area is 208 Å². The Bertz CT molecular complexity index is 1310. The fraction of sp³-hybridized carbons (Fsp3) is 0.269. The van der Waals surface area contributed by atoms with Crippen molar-refractivity contribution >= 4 is 21.8 Å². The van der Waals surface area contributed by atoms with Crippen LogP contribution in [0.3, 0.4) is 0 Å². The third-order valence-corrected chi connectivity index (χ3v) is 6.84. The Balaban J connectivity index is 1.79. The monoisotopic (exact) mass is 520 g/mol. The van der Waals surface area contributed by atoms with Gasteiger partial charge in [-0.25, -0.2) is 4.79 Å². The number of urea groups is 1. The summed E-state index contributed by atoms with van der Waals surface area (Å²) in [6.07, 6.45) is -4.01. The molecular formula is C26H27F3N2O4S. The molecule has 0 aliphatic rings. The van der Waals surface area contributed by atoms with E-state index in [1.165, 1.54) is 12.1 Å². The lowest BCUT2D eigenvalue weighted by Crippen LogP contribution is -2.40. The molecule has 1 N–H and O–H groups in total. The van der Waals surface area contributed by atoms with Crippen LogP contribution in [0.15, 0.2) is 77.7 Å². The number of carbonyl (C=O) groups is 1. The van der Waals surface area contributed by atoms with E-state index in [1.807, 2.05) is 32.9 Å². The van der Waals surface area contributed by atoms with Crippen LogP contribution in [0, 0.1) is 6.92 Å². The molecule has 0 fully saturated rings. The van der Waals surface area contributed by atoms with E-state index in [2.05, 4.69) is 5.32 Å². The maximum absolute atomic E-state index is 13.0. The van der Waals surface area contributed by atoms with Gasteiger partial charge in [0.15, 0.2) is 0 Å². The molecule has 0 spiro atoms. The number of alkyl halides is 3. The first kappa shape index (κ1) is 27.1. The van der Waals surface area contributed by atoms with Gasteiger partial charge in [-0.05, 0) is 68.3 Å². The van der Waals surface area contributed by atoms with Crippen LogP contribution >= 0.6 is 0 Å². The molecule has 0 aliphatic carbocycles. The van der Waals surface area contributed by atoms with Gasteiger partial charge in [0.25, 0.3) is 0 Å². The number of nitrogens with one attached hydrogen (secondary N) is 1. The summed E-state index contributed by atoms with van der Waals surface area (Å²) in [4.78, 5) is 14.0. The minimum absolute atomic E-state index is 0.0760. The Morgan fingerprint density at radius 1 is 1.03 bits per heavy atom. The molecule has 3 aromatic carbocycles. The molecule has 36 heavy (non-hydrogen) atoms. The zero-order valence-electron chi connectivity index (χ0n) is 20.0. The van der Waals surface area contributed by atoms with Crippen LogP contribution in [-0.4, -0.2) is 25.4 Å². The molecule has 0 saturated heterocycles. The average Bonchev–Trinajstić information content (AvgIpc) is 2.83. The van der Waals surface area contributed by atoms with Gasteiger partial charge in [0, 0.05) is 18.3 Å². The third-order valence-electron chi connectivity index (χ3n) is 5.59. The first-order chi connectivity index (χ1) is 16.9. The van der Waals surface area contributed by atoms with Gasteiger partial charge in [0.1, 0.15) is 10.6 Å². The number of carbonyl (C=O) groups excluding carboxylic acids is 1. The predicted molar refractivity (Wildman–Crippen MR) is 131 cm³/mol. The summed E-state index contributed by atoms with van der Waals surface area (Å²) in [7, 11) is -4.52. The van der Waals surface area contributed by atoms with Crippen molar-refractivity contribution in [3.8, 4) is 5.75 Å². The van der Waals surface area contributed by atoms with E-state index in [-0.39, 0.29) is 24.4 Å². The second-order valence-electron chi connectivity index (χ2n) is 8.39. The molecule has 3 aromatic rings. The van der Waals surface area contributed by atoms with Crippen molar-refractivity contribution in [2.24, 2.45) is 0 Å². The molecule has 0 aromatic heterocycles. The fourth-order valence-electron chi connectivity index (χ4n) is 3.38. The zero-order chi connectivity index (χ0) is 26.5. The van der Waals surface area contributed by atoms with Crippen LogP contribution in [0.25, 0.3) is 0 Å². The van der Waals surface area contributed by atoms with Crippen molar-refractivity contribution in [1.29, 1.82) is 0 Å². The average molecular weight is 521 g/mol. The smallest absolute Gasteiger partial charge is 0.379 e. The number of halogens is 3. The highest BCUT2D eigenvalue weighted by Crippen LogP contribution is 2.31. The van der Waals surface area contributed by atoms with Crippen LogP contribution in [0.1, 0.15) is 37.0 Å². The van der Waals surface area contributed by atoms with Crippen molar-refractivity contribution in [3.05, 3.63) is 89.5 Å². The maximum Gasteiger partial charge on any atom is 0.416 e. The molecule has 192 valence electrons. The normalized spacial score (nSPS) is 12.6. The van der Waals surface area contributed by atoms with Crippen LogP contribution in [0.4, 0.5) is 23.7 Å². The molecule has 0 heterocycles. The van der Waals surface area contributed by atoms with Gasteiger partial charge in [-0.3, -0.25) is 0 Å². The van der Waals surface area contributed by atoms with Gasteiger partial charge in [0.2, 0.25) is 0 Å². The molecule has 1 unspecified atom stereocenters. The first-order valence-electron chi connectivity index (χ1n) is 11.2. The quantitative estimate of drug-likeness (QED) is 0.339. The number of nitrogens with zero attached hydrogens (tertiary/aromatic N) is 1. The van der Waals surface area contributed by atoms with Gasteiger partial charge < -0.3 is 14.4 Å². The largest absolute Gasteiger partial charge is 0.416 e. The van der Waals surface area contributed by atoms with Crippen molar-refractivity contribution < 1.29 is 30.6 Å². The molecule has 10 heteroatoms. The summed E-state index contributed by atoms with van der Waals surface area (Å²) in [6, 6.07) is 16.4. The number of rotatable bonds is 8. The van der Waals surface area contributed by atoms with Gasteiger partial charge in [-0.1, -0.05) is 42.8 Å². The standard InChI is InChI=1S/C26H27F3N2O4S/c1-4-19(3)31(25(32)30-22-13-11-18(2)12-14-22)17-20-7-5-9-23(15-20)35-36(33,34)24-10-6-8-21(16-24)26(27,28)29/h5-16,19H,4,17H2,1-3H3,(H,30,32). The van der Waals surface area contributed by atoms with E-state index < -0.39 is 26.8 Å². The second-order valence-corrected chi connectivity index (χ2v) is 9.94. The highest BCUT2D eigenvalue weighted by Gasteiger charge is 2.32. The van der Waals surface area contributed by atoms with Gasteiger partial charge in [-0.15, -0.1) is 0 Å². The number of aryl methyl sites for hydroxylation is 1.